The van der Waals surface area contributed by atoms with Gasteiger partial charge in [-0.1, -0.05) is 0 Å². The summed E-state index contributed by atoms with van der Waals surface area (Å²) in [6, 6.07) is 4.14. The van der Waals surface area contributed by atoms with Gasteiger partial charge in [0, 0.05) is 17.3 Å². The van der Waals surface area contributed by atoms with Crippen molar-refractivity contribution < 1.29 is 17.6 Å². The van der Waals surface area contributed by atoms with Crippen molar-refractivity contribution in [1.82, 2.24) is 4.98 Å². The molecule has 9 heteroatoms. The molecule has 0 aliphatic heterocycles. The van der Waals surface area contributed by atoms with Crippen molar-refractivity contribution in [2.75, 3.05) is 16.7 Å². The molecule has 0 fully saturated rings. The van der Waals surface area contributed by atoms with E-state index in [-0.39, 0.29) is 10.0 Å². The number of aromatic nitrogens is 1. The van der Waals surface area contributed by atoms with Crippen molar-refractivity contribution in [3.05, 3.63) is 35.3 Å². The van der Waals surface area contributed by atoms with Gasteiger partial charge in [0.1, 0.15) is 0 Å². The average Bonchev–Trinajstić information content (AvgIpc) is 2.92. The van der Waals surface area contributed by atoms with Gasteiger partial charge < -0.3 is 5.32 Å². The predicted octanol–water partition coefficient (Wildman–Crippen LogP) is 2.16. The van der Waals surface area contributed by atoms with E-state index in [2.05, 4.69) is 15.0 Å². The fourth-order valence-electron chi connectivity index (χ4n) is 1.57. The smallest absolute Gasteiger partial charge is 0.263 e. The van der Waals surface area contributed by atoms with E-state index in [4.69, 9.17) is 0 Å². The van der Waals surface area contributed by atoms with E-state index in [0.29, 0.717) is 11.3 Å². The Bertz CT molecular complexity index is 745. The van der Waals surface area contributed by atoms with Gasteiger partial charge in [-0.2, -0.15) is 0 Å². The lowest BCUT2D eigenvalue weighted by Gasteiger charge is -2.10. The quantitative estimate of drug-likeness (QED) is 0.880. The minimum Gasteiger partial charge on any atom is -0.324 e. The van der Waals surface area contributed by atoms with Crippen LogP contribution in [-0.2, 0) is 14.8 Å². The number of aryl methyl sites for hydroxylation is 1. The molecule has 0 saturated carbocycles. The minimum atomic E-state index is -3.75. The maximum absolute atomic E-state index is 12.2. The van der Waals surface area contributed by atoms with E-state index in [1.165, 1.54) is 24.4 Å². The van der Waals surface area contributed by atoms with Crippen molar-refractivity contribution in [3.8, 4) is 0 Å². The highest BCUT2D eigenvalue weighted by Gasteiger charge is 2.17. The maximum Gasteiger partial charge on any atom is 0.263 e. The molecule has 0 unspecified atom stereocenters. The van der Waals surface area contributed by atoms with E-state index in [1.54, 1.807) is 12.3 Å². The zero-order chi connectivity index (χ0) is 15.5. The average molecular weight is 329 g/mol. The monoisotopic (exact) mass is 329 g/mol. The first-order valence-corrected chi connectivity index (χ1v) is 8.17. The third kappa shape index (κ3) is 3.76. The van der Waals surface area contributed by atoms with Crippen molar-refractivity contribution in [2.24, 2.45) is 0 Å². The Kier molecular flexibility index (Phi) is 4.53. The topological polar surface area (TPSA) is 88.2 Å². The number of carbonyl (C=O) groups excluding carboxylic acids is 1. The molecular formula is C12H12FN3O3S2. The second kappa shape index (κ2) is 6.19. The number of alkyl halides is 1. The highest BCUT2D eigenvalue weighted by molar-refractivity contribution is 7.93. The van der Waals surface area contributed by atoms with Crippen LogP contribution in [0.25, 0.3) is 0 Å². The minimum absolute atomic E-state index is 0.0356. The van der Waals surface area contributed by atoms with Crippen LogP contribution in [-0.4, -0.2) is 26.0 Å². The first-order valence-electron chi connectivity index (χ1n) is 5.81. The van der Waals surface area contributed by atoms with Crippen LogP contribution in [0, 0.1) is 6.92 Å². The molecule has 6 nitrogen and oxygen atoms in total. The van der Waals surface area contributed by atoms with E-state index in [1.807, 2.05) is 0 Å². The Morgan fingerprint density at radius 3 is 2.76 bits per heavy atom. The van der Waals surface area contributed by atoms with Crippen LogP contribution in [0.15, 0.2) is 34.7 Å². The third-order valence-corrected chi connectivity index (χ3v) is 4.71. The molecule has 2 N–H and O–H groups in total. The van der Waals surface area contributed by atoms with Crippen LogP contribution < -0.4 is 10.0 Å². The molecule has 0 bridgehead atoms. The van der Waals surface area contributed by atoms with Gasteiger partial charge in [0.15, 0.2) is 11.8 Å². The fraction of sp³-hybridized carbons (Fsp3) is 0.167. The summed E-state index contributed by atoms with van der Waals surface area (Å²) < 4.78 is 38.8. The van der Waals surface area contributed by atoms with Gasteiger partial charge in [-0.05, 0) is 30.7 Å². The lowest BCUT2D eigenvalue weighted by molar-refractivity contribution is -0.117. The third-order valence-electron chi connectivity index (χ3n) is 2.56. The van der Waals surface area contributed by atoms with Gasteiger partial charge >= 0.3 is 0 Å². The maximum atomic E-state index is 12.2. The Morgan fingerprint density at radius 2 is 2.19 bits per heavy atom. The molecule has 21 heavy (non-hydrogen) atoms. The number of amides is 1. The van der Waals surface area contributed by atoms with Gasteiger partial charge in [-0.25, -0.2) is 17.8 Å². The first-order chi connectivity index (χ1) is 9.92. The number of sulfonamides is 1. The number of rotatable bonds is 5. The Morgan fingerprint density at radius 1 is 1.43 bits per heavy atom. The molecular weight excluding hydrogens is 317 g/mol. The fourth-order valence-corrected chi connectivity index (χ4v) is 3.45. The van der Waals surface area contributed by atoms with E-state index in [0.717, 1.165) is 11.3 Å². The van der Waals surface area contributed by atoms with Gasteiger partial charge in [0.2, 0.25) is 0 Å². The highest BCUT2D eigenvalue weighted by atomic mass is 32.2. The number of hydrogen-bond donors (Lipinski definition) is 2. The summed E-state index contributed by atoms with van der Waals surface area (Å²) in [7, 11) is -3.75. The summed E-state index contributed by atoms with van der Waals surface area (Å²) in [4.78, 5) is 14.9. The molecule has 1 heterocycles. The molecule has 0 atom stereocenters. The van der Waals surface area contributed by atoms with Gasteiger partial charge in [-0.15, -0.1) is 11.3 Å². The van der Waals surface area contributed by atoms with E-state index < -0.39 is 22.6 Å². The molecule has 0 spiro atoms. The summed E-state index contributed by atoms with van der Waals surface area (Å²) in [5.74, 6) is -0.783. The lowest BCUT2D eigenvalue weighted by Crippen LogP contribution is -2.15. The summed E-state index contributed by atoms with van der Waals surface area (Å²) in [5.41, 5.74) is 0.879. The molecule has 1 amide bonds. The molecule has 0 aliphatic rings. The molecule has 0 saturated heterocycles. The van der Waals surface area contributed by atoms with Crippen LogP contribution in [0.1, 0.15) is 5.56 Å². The number of anilines is 2. The predicted molar refractivity (Wildman–Crippen MR) is 78.7 cm³/mol. The number of hydrogen-bond acceptors (Lipinski definition) is 5. The molecule has 2 rings (SSSR count). The standard InChI is InChI=1S/C12H12FN3O3S2/c1-8-6-9(2-3-10(8)15-11(17)7-13)21(18,19)16-12-14-4-5-20-12/h2-6H,7H2,1H3,(H,14,16)(H,15,17). The summed E-state index contributed by atoms with van der Waals surface area (Å²) in [6.45, 7) is 0.487. The molecule has 1 aromatic carbocycles. The molecule has 0 radical (unpaired) electrons. The Labute approximate surface area is 125 Å². The molecule has 0 aliphatic carbocycles. The molecule has 1 aromatic heterocycles. The van der Waals surface area contributed by atoms with Crippen LogP contribution >= 0.6 is 11.3 Å². The summed E-state index contributed by atoms with van der Waals surface area (Å²) in [5, 5.41) is 4.26. The SMILES string of the molecule is Cc1cc(S(=O)(=O)Nc2nccs2)ccc1NC(=O)CF. The van der Waals surface area contributed by atoms with Crippen LogP contribution in [0.3, 0.4) is 0 Å². The number of nitrogens with zero attached hydrogens (tertiary/aromatic N) is 1. The number of thiazole rings is 1. The number of carbonyl (C=O) groups is 1. The second-order valence-electron chi connectivity index (χ2n) is 4.10. The number of halogens is 1. The van der Waals surface area contributed by atoms with Crippen molar-refractivity contribution in [2.45, 2.75) is 11.8 Å². The molecule has 112 valence electrons. The van der Waals surface area contributed by atoms with E-state index >= 15 is 0 Å². The van der Waals surface area contributed by atoms with Crippen molar-refractivity contribution in [3.63, 3.8) is 0 Å². The van der Waals surface area contributed by atoms with Crippen LogP contribution in [0.2, 0.25) is 0 Å². The Balaban J connectivity index is 2.25. The number of nitrogens with one attached hydrogen (secondary N) is 2. The summed E-state index contributed by atoms with van der Waals surface area (Å²) >= 11 is 1.16. The van der Waals surface area contributed by atoms with Gasteiger partial charge in [-0.3, -0.25) is 9.52 Å². The molecule has 2 aromatic rings. The van der Waals surface area contributed by atoms with Crippen LogP contribution in [0.5, 0.6) is 0 Å². The van der Waals surface area contributed by atoms with Crippen molar-refractivity contribution in [1.29, 1.82) is 0 Å². The van der Waals surface area contributed by atoms with Crippen molar-refractivity contribution >= 4 is 38.1 Å². The second-order valence-corrected chi connectivity index (χ2v) is 6.68. The Hall–Kier alpha value is -2.00. The van der Waals surface area contributed by atoms with Gasteiger partial charge in [0.05, 0.1) is 4.90 Å². The summed E-state index contributed by atoms with van der Waals surface area (Å²) in [6.07, 6.45) is 1.49. The lowest BCUT2D eigenvalue weighted by atomic mass is 10.2. The number of benzene rings is 1. The normalized spacial score (nSPS) is 11.1. The largest absolute Gasteiger partial charge is 0.324 e. The first kappa shape index (κ1) is 15.4. The van der Waals surface area contributed by atoms with Gasteiger partial charge in [0.25, 0.3) is 15.9 Å². The van der Waals surface area contributed by atoms with E-state index in [9.17, 15) is 17.6 Å². The van der Waals surface area contributed by atoms with Crippen LogP contribution in [0.4, 0.5) is 15.2 Å². The zero-order valence-electron chi connectivity index (χ0n) is 11.0. The highest BCUT2D eigenvalue weighted by Crippen LogP contribution is 2.22. The zero-order valence-corrected chi connectivity index (χ0v) is 12.6.